The first-order valence-corrected chi connectivity index (χ1v) is 10.9. The van der Waals surface area contributed by atoms with E-state index in [9.17, 15) is 18.5 Å². The highest BCUT2D eigenvalue weighted by atomic mass is 79.9. The van der Waals surface area contributed by atoms with Gasteiger partial charge in [-0.2, -0.15) is 9.41 Å². The van der Waals surface area contributed by atoms with Crippen LogP contribution in [0.5, 0.6) is 0 Å². The topological polar surface area (TPSA) is 114 Å². The van der Waals surface area contributed by atoms with Crippen molar-refractivity contribution in [1.82, 2.24) is 4.31 Å². The molecule has 0 aromatic heterocycles. The van der Waals surface area contributed by atoms with Crippen molar-refractivity contribution in [3.63, 3.8) is 0 Å². The van der Waals surface area contributed by atoms with Gasteiger partial charge in [0.1, 0.15) is 5.69 Å². The van der Waals surface area contributed by atoms with Gasteiger partial charge in [-0.3, -0.25) is 15.5 Å². The molecule has 1 fully saturated rings. The Morgan fingerprint density at radius 2 is 1.97 bits per heavy atom. The summed E-state index contributed by atoms with van der Waals surface area (Å²) in [7, 11) is -3.83. The Kier molecular flexibility index (Phi) is 6.63. The summed E-state index contributed by atoms with van der Waals surface area (Å²) in [5.74, 6) is 0. The van der Waals surface area contributed by atoms with Crippen LogP contribution in [0.1, 0.15) is 12.5 Å². The number of hydrogen-bond donors (Lipinski definition) is 1. The van der Waals surface area contributed by atoms with E-state index in [0.29, 0.717) is 18.9 Å². The molecule has 1 heterocycles. The third-order valence-corrected chi connectivity index (χ3v) is 6.75. The van der Waals surface area contributed by atoms with Gasteiger partial charge in [0.15, 0.2) is 0 Å². The van der Waals surface area contributed by atoms with Crippen molar-refractivity contribution in [2.45, 2.75) is 11.8 Å². The molecule has 1 N–H and O–H groups in total. The molecule has 1 aliphatic heterocycles. The summed E-state index contributed by atoms with van der Waals surface area (Å²) in [5.41, 5.74) is 3.86. The third kappa shape index (κ3) is 4.99. The lowest BCUT2D eigenvalue weighted by Crippen LogP contribution is -2.40. The molecule has 0 amide bonds. The Hall–Kier alpha value is -2.34. The van der Waals surface area contributed by atoms with Gasteiger partial charge in [0.25, 0.3) is 5.69 Å². The summed E-state index contributed by atoms with van der Waals surface area (Å²) < 4.78 is 32.8. The van der Waals surface area contributed by atoms with Crippen LogP contribution < -0.4 is 5.43 Å². The molecule has 0 unspecified atom stereocenters. The highest BCUT2D eigenvalue weighted by Crippen LogP contribution is 2.29. The summed E-state index contributed by atoms with van der Waals surface area (Å²) in [6, 6.07) is 11.2. The van der Waals surface area contributed by atoms with Crippen LogP contribution in [-0.2, 0) is 14.8 Å². The predicted octanol–water partition coefficient (Wildman–Crippen LogP) is 3.21. The minimum absolute atomic E-state index is 0.102. The number of halogens is 1. The second-order valence-electron chi connectivity index (χ2n) is 6.27. The molecule has 0 saturated carbocycles. The minimum atomic E-state index is -3.83. The molecule has 29 heavy (non-hydrogen) atoms. The zero-order valence-corrected chi connectivity index (χ0v) is 17.9. The average molecular weight is 483 g/mol. The minimum Gasteiger partial charge on any atom is -0.379 e. The van der Waals surface area contributed by atoms with Crippen LogP contribution in [0.2, 0.25) is 0 Å². The van der Waals surface area contributed by atoms with E-state index in [1.165, 1.54) is 16.4 Å². The number of rotatable bonds is 6. The highest BCUT2D eigenvalue weighted by Gasteiger charge is 2.28. The van der Waals surface area contributed by atoms with Gasteiger partial charge in [-0.25, -0.2) is 8.42 Å². The fourth-order valence-corrected chi connectivity index (χ4v) is 4.60. The monoisotopic (exact) mass is 482 g/mol. The summed E-state index contributed by atoms with van der Waals surface area (Å²) in [6.07, 6.45) is 0. The first-order valence-electron chi connectivity index (χ1n) is 8.71. The Morgan fingerprint density at radius 1 is 1.24 bits per heavy atom. The van der Waals surface area contributed by atoms with E-state index >= 15 is 0 Å². The molecule has 0 bridgehead atoms. The largest absolute Gasteiger partial charge is 0.379 e. The zero-order chi connectivity index (χ0) is 21.0. The van der Waals surface area contributed by atoms with Gasteiger partial charge in [-0.05, 0) is 36.8 Å². The fraction of sp³-hybridized carbons (Fsp3) is 0.278. The lowest BCUT2D eigenvalue weighted by atomic mass is 10.1. The smallest absolute Gasteiger partial charge is 0.295 e. The summed E-state index contributed by atoms with van der Waals surface area (Å²) >= 11 is 3.38. The number of anilines is 1. The molecule has 0 radical (unpaired) electrons. The number of benzene rings is 2. The number of nitro benzene ring substituents is 1. The van der Waals surface area contributed by atoms with E-state index in [4.69, 9.17) is 4.74 Å². The SMILES string of the molecule is CC(=NNc1ccc(S(=O)(=O)N2CCOCC2)cc1[N+](=O)[O-])c1cccc(Br)c1. The zero-order valence-electron chi connectivity index (χ0n) is 15.5. The first kappa shape index (κ1) is 21.4. The molecule has 1 saturated heterocycles. The van der Waals surface area contributed by atoms with Crippen LogP contribution in [0, 0.1) is 10.1 Å². The van der Waals surface area contributed by atoms with E-state index in [-0.39, 0.29) is 29.4 Å². The van der Waals surface area contributed by atoms with Gasteiger partial charge in [0.05, 0.1) is 28.7 Å². The second-order valence-corrected chi connectivity index (χ2v) is 9.13. The standard InChI is InChI=1S/C18H19BrN4O5S/c1-13(14-3-2-4-15(19)11-14)20-21-17-6-5-16(12-18(17)23(24)25)29(26,27)22-7-9-28-10-8-22/h2-6,11-12,21H,7-10H2,1H3. The van der Waals surface area contributed by atoms with E-state index in [0.717, 1.165) is 16.1 Å². The van der Waals surface area contributed by atoms with Gasteiger partial charge in [0, 0.05) is 23.6 Å². The normalized spacial score (nSPS) is 15.9. The van der Waals surface area contributed by atoms with Crippen LogP contribution in [-0.4, -0.2) is 49.7 Å². The molecule has 3 rings (SSSR count). The lowest BCUT2D eigenvalue weighted by Gasteiger charge is -2.26. The van der Waals surface area contributed by atoms with Crippen molar-refractivity contribution in [2.75, 3.05) is 31.7 Å². The Bertz CT molecular complexity index is 1050. The van der Waals surface area contributed by atoms with Gasteiger partial charge < -0.3 is 4.74 Å². The van der Waals surface area contributed by atoms with E-state index < -0.39 is 14.9 Å². The third-order valence-electron chi connectivity index (χ3n) is 4.36. The molecule has 2 aromatic carbocycles. The van der Waals surface area contributed by atoms with Crippen molar-refractivity contribution in [1.29, 1.82) is 0 Å². The number of sulfonamides is 1. The summed E-state index contributed by atoms with van der Waals surface area (Å²) in [5, 5.41) is 15.7. The van der Waals surface area contributed by atoms with Gasteiger partial charge in [0.2, 0.25) is 10.0 Å². The van der Waals surface area contributed by atoms with E-state index in [1.807, 2.05) is 24.3 Å². The van der Waals surface area contributed by atoms with Gasteiger partial charge in [-0.15, -0.1) is 0 Å². The summed E-state index contributed by atoms with van der Waals surface area (Å²) in [4.78, 5) is 10.7. The molecule has 9 nitrogen and oxygen atoms in total. The molecular weight excluding hydrogens is 464 g/mol. The number of hydrogen-bond acceptors (Lipinski definition) is 7. The number of morpholine rings is 1. The van der Waals surface area contributed by atoms with Crippen LogP contribution >= 0.6 is 15.9 Å². The Labute approximate surface area is 176 Å². The van der Waals surface area contributed by atoms with E-state index in [2.05, 4.69) is 26.5 Å². The van der Waals surface area contributed by atoms with Crippen LogP contribution in [0.15, 0.2) is 56.9 Å². The van der Waals surface area contributed by atoms with Crippen LogP contribution in [0.3, 0.4) is 0 Å². The maximum Gasteiger partial charge on any atom is 0.295 e. The van der Waals surface area contributed by atoms with Crippen molar-refractivity contribution >= 4 is 43.0 Å². The maximum atomic E-state index is 12.8. The maximum absolute atomic E-state index is 12.8. The van der Waals surface area contributed by atoms with Crippen molar-refractivity contribution in [3.8, 4) is 0 Å². The Morgan fingerprint density at radius 3 is 2.62 bits per heavy atom. The molecular formula is C18H19BrN4O5S. The van der Waals surface area contributed by atoms with Gasteiger partial charge >= 0.3 is 0 Å². The number of nitro groups is 1. The average Bonchev–Trinajstić information content (AvgIpc) is 2.72. The highest BCUT2D eigenvalue weighted by molar-refractivity contribution is 9.10. The molecule has 0 atom stereocenters. The van der Waals surface area contributed by atoms with Crippen molar-refractivity contribution in [3.05, 3.63) is 62.6 Å². The molecule has 154 valence electrons. The summed E-state index contributed by atoms with van der Waals surface area (Å²) in [6.45, 7) is 2.78. The molecule has 0 spiro atoms. The van der Waals surface area contributed by atoms with E-state index in [1.54, 1.807) is 6.92 Å². The first-order chi connectivity index (χ1) is 13.8. The predicted molar refractivity (Wildman–Crippen MR) is 113 cm³/mol. The van der Waals surface area contributed by atoms with Crippen LogP contribution in [0.25, 0.3) is 0 Å². The fourth-order valence-electron chi connectivity index (χ4n) is 2.78. The molecule has 2 aromatic rings. The Balaban J connectivity index is 1.88. The van der Waals surface area contributed by atoms with Crippen molar-refractivity contribution < 1.29 is 18.1 Å². The number of ether oxygens (including phenoxy) is 1. The lowest BCUT2D eigenvalue weighted by molar-refractivity contribution is -0.384. The molecule has 1 aliphatic rings. The number of nitrogens with zero attached hydrogens (tertiary/aromatic N) is 3. The van der Waals surface area contributed by atoms with Gasteiger partial charge in [-0.1, -0.05) is 28.1 Å². The quantitative estimate of drug-likeness (QED) is 0.384. The molecule has 11 heteroatoms. The number of nitrogens with one attached hydrogen (secondary N) is 1. The molecule has 0 aliphatic carbocycles. The number of hydrazone groups is 1. The van der Waals surface area contributed by atoms with Crippen molar-refractivity contribution in [2.24, 2.45) is 5.10 Å². The second kappa shape index (κ2) is 8.99. The van der Waals surface area contributed by atoms with Crippen LogP contribution in [0.4, 0.5) is 11.4 Å².